The molecule has 0 heterocycles. The molecular formula is C24H23NO2. The lowest BCUT2D eigenvalue weighted by molar-refractivity contribution is 0.0980. The van der Waals surface area contributed by atoms with E-state index in [1.165, 1.54) is 0 Å². The summed E-state index contributed by atoms with van der Waals surface area (Å²) in [5.74, 6) is 0.160. The maximum absolute atomic E-state index is 12.3. The fourth-order valence-corrected chi connectivity index (χ4v) is 2.82. The highest BCUT2D eigenvalue weighted by Crippen LogP contribution is 2.12. The number of rotatable bonds is 9. The largest absolute Gasteiger partial charge is 0.391 e. The molecule has 0 bridgehead atoms. The van der Waals surface area contributed by atoms with Gasteiger partial charge in [0, 0.05) is 12.0 Å². The number of benzene rings is 3. The first kappa shape index (κ1) is 18.6. The highest BCUT2D eigenvalue weighted by atomic mass is 16.6. The van der Waals surface area contributed by atoms with Crippen LogP contribution in [0.5, 0.6) is 0 Å². The highest BCUT2D eigenvalue weighted by Gasteiger charge is 2.09. The van der Waals surface area contributed by atoms with Crippen molar-refractivity contribution >= 4 is 11.5 Å². The van der Waals surface area contributed by atoms with Crippen LogP contribution in [0.2, 0.25) is 0 Å². The van der Waals surface area contributed by atoms with Crippen molar-refractivity contribution in [3.8, 4) is 0 Å². The minimum atomic E-state index is 0.160. The number of hydrogen-bond donors (Lipinski definition) is 0. The van der Waals surface area contributed by atoms with Crippen LogP contribution < -0.4 is 0 Å². The molecule has 0 unspecified atom stereocenters. The van der Waals surface area contributed by atoms with Gasteiger partial charge in [0.1, 0.15) is 6.61 Å². The van der Waals surface area contributed by atoms with E-state index in [1.54, 1.807) is 0 Å². The van der Waals surface area contributed by atoms with Crippen LogP contribution in [0.1, 0.15) is 40.7 Å². The number of hydrogen-bond acceptors (Lipinski definition) is 3. The van der Waals surface area contributed by atoms with Crippen LogP contribution in [0, 0.1) is 0 Å². The number of ketones is 1. The van der Waals surface area contributed by atoms with Crippen molar-refractivity contribution < 1.29 is 9.63 Å². The average Bonchev–Trinajstić information content (AvgIpc) is 2.74. The maximum atomic E-state index is 12.3. The van der Waals surface area contributed by atoms with Gasteiger partial charge in [-0.15, -0.1) is 0 Å². The molecule has 3 rings (SSSR count). The standard InChI is InChI=1S/C24H23NO2/c26-24(22-15-8-3-9-16-22)18-10-17-23(21-13-6-2-7-14-21)25-27-19-20-11-4-1-5-12-20/h1-9,11-16H,10,17-19H2/b25-23+. The van der Waals surface area contributed by atoms with Crippen LogP contribution in [-0.2, 0) is 11.4 Å². The van der Waals surface area contributed by atoms with Gasteiger partial charge in [0.15, 0.2) is 5.78 Å². The predicted molar refractivity (Wildman–Crippen MR) is 109 cm³/mol. The molecule has 0 aliphatic heterocycles. The molecule has 0 N–H and O–H groups in total. The zero-order valence-corrected chi connectivity index (χ0v) is 15.3. The Morgan fingerprint density at radius 1 is 0.704 bits per heavy atom. The van der Waals surface area contributed by atoms with Gasteiger partial charge in [-0.1, -0.05) is 96.2 Å². The third-order valence-corrected chi connectivity index (χ3v) is 4.27. The summed E-state index contributed by atoms with van der Waals surface area (Å²) in [5, 5.41) is 4.36. The summed E-state index contributed by atoms with van der Waals surface area (Å²) in [5.41, 5.74) is 3.73. The van der Waals surface area contributed by atoms with Crippen molar-refractivity contribution in [2.45, 2.75) is 25.9 Å². The first-order chi connectivity index (χ1) is 13.3. The third kappa shape index (κ3) is 5.93. The van der Waals surface area contributed by atoms with E-state index in [0.29, 0.717) is 19.4 Å². The molecule has 0 spiro atoms. The van der Waals surface area contributed by atoms with Crippen molar-refractivity contribution in [1.29, 1.82) is 0 Å². The van der Waals surface area contributed by atoms with Gasteiger partial charge in [0.2, 0.25) is 0 Å². The van der Waals surface area contributed by atoms with Crippen LogP contribution in [0.25, 0.3) is 0 Å². The summed E-state index contributed by atoms with van der Waals surface area (Å²) >= 11 is 0. The van der Waals surface area contributed by atoms with Crippen LogP contribution >= 0.6 is 0 Å². The van der Waals surface area contributed by atoms with E-state index in [2.05, 4.69) is 5.16 Å². The molecule has 136 valence electrons. The summed E-state index contributed by atoms with van der Waals surface area (Å²) < 4.78 is 0. The van der Waals surface area contributed by atoms with Gasteiger partial charge >= 0.3 is 0 Å². The molecule has 3 aromatic rings. The topological polar surface area (TPSA) is 38.7 Å². The van der Waals surface area contributed by atoms with E-state index in [-0.39, 0.29) is 5.78 Å². The van der Waals surface area contributed by atoms with Crippen molar-refractivity contribution in [3.63, 3.8) is 0 Å². The van der Waals surface area contributed by atoms with E-state index in [0.717, 1.165) is 28.8 Å². The predicted octanol–water partition coefficient (Wildman–Crippen LogP) is 5.66. The van der Waals surface area contributed by atoms with E-state index in [9.17, 15) is 4.79 Å². The lowest BCUT2D eigenvalue weighted by Crippen LogP contribution is -2.05. The monoisotopic (exact) mass is 357 g/mol. The fourth-order valence-electron chi connectivity index (χ4n) is 2.82. The quantitative estimate of drug-likeness (QED) is 0.281. The molecule has 0 saturated carbocycles. The molecule has 0 atom stereocenters. The van der Waals surface area contributed by atoms with Crippen molar-refractivity contribution in [1.82, 2.24) is 0 Å². The Balaban J connectivity index is 1.60. The second kappa shape index (κ2) is 10.1. The zero-order valence-electron chi connectivity index (χ0n) is 15.3. The minimum Gasteiger partial charge on any atom is -0.391 e. The molecule has 3 nitrogen and oxygen atoms in total. The molecule has 3 heteroatoms. The summed E-state index contributed by atoms with van der Waals surface area (Å²) in [6.07, 6.45) is 1.92. The number of oxime groups is 1. The SMILES string of the molecule is O=C(CCC/C(=N\OCc1ccccc1)c1ccccc1)c1ccccc1. The lowest BCUT2D eigenvalue weighted by atomic mass is 10.0. The Morgan fingerprint density at radius 3 is 1.89 bits per heavy atom. The van der Waals surface area contributed by atoms with Crippen LogP contribution in [0.15, 0.2) is 96.2 Å². The molecule has 3 aromatic carbocycles. The van der Waals surface area contributed by atoms with Gasteiger partial charge in [-0.2, -0.15) is 0 Å². The molecule has 0 amide bonds. The summed E-state index contributed by atoms with van der Waals surface area (Å²) in [6, 6.07) is 29.4. The fraction of sp³-hybridized carbons (Fsp3) is 0.167. The molecule has 0 fully saturated rings. The van der Waals surface area contributed by atoms with Gasteiger partial charge in [-0.3, -0.25) is 4.79 Å². The average molecular weight is 357 g/mol. The van der Waals surface area contributed by atoms with Gasteiger partial charge in [0.05, 0.1) is 5.71 Å². The number of nitrogens with zero attached hydrogens (tertiary/aromatic N) is 1. The van der Waals surface area contributed by atoms with E-state index < -0.39 is 0 Å². The zero-order chi connectivity index (χ0) is 18.7. The molecule has 0 aromatic heterocycles. The number of carbonyl (C=O) groups is 1. The maximum Gasteiger partial charge on any atom is 0.162 e. The first-order valence-electron chi connectivity index (χ1n) is 9.19. The van der Waals surface area contributed by atoms with Crippen molar-refractivity contribution in [3.05, 3.63) is 108 Å². The molecule has 0 aliphatic rings. The van der Waals surface area contributed by atoms with E-state index in [4.69, 9.17) is 4.84 Å². The Bertz CT molecular complexity index is 859. The lowest BCUT2D eigenvalue weighted by Gasteiger charge is -2.07. The molecule has 27 heavy (non-hydrogen) atoms. The van der Waals surface area contributed by atoms with Gasteiger partial charge in [0.25, 0.3) is 0 Å². The summed E-state index contributed by atoms with van der Waals surface area (Å²) in [7, 11) is 0. The van der Waals surface area contributed by atoms with Crippen molar-refractivity contribution in [2.24, 2.45) is 5.16 Å². The van der Waals surface area contributed by atoms with Crippen LogP contribution in [0.4, 0.5) is 0 Å². The smallest absolute Gasteiger partial charge is 0.162 e. The Labute approximate surface area is 160 Å². The van der Waals surface area contributed by atoms with Gasteiger partial charge < -0.3 is 4.84 Å². The first-order valence-corrected chi connectivity index (χ1v) is 9.19. The van der Waals surface area contributed by atoms with E-state index >= 15 is 0 Å². The normalized spacial score (nSPS) is 11.2. The van der Waals surface area contributed by atoms with E-state index in [1.807, 2.05) is 91.0 Å². The Morgan fingerprint density at radius 2 is 1.26 bits per heavy atom. The molecule has 0 aliphatic carbocycles. The summed E-state index contributed by atoms with van der Waals surface area (Å²) in [6.45, 7) is 0.431. The molecule has 0 radical (unpaired) electrons. The van der Waals surface area contributed by atoms with Crippen LogP contribution in [-0.4, -0.2) is 11.5 Å². The van der Waals surface area contributed by atoms with Gasteiger partial charge in [-0.25, -0.2) is 0 Å². The number of Topliss-reactive ketones (excluding diaryl/α,β-unsaturated/α-hetero) is 1. The second-order valence-corrected chi connectivity index (χ2v) is 6.31. The minimum absolute atomic E-state index is 0.160. The van der Waals surface area contributed by atoms with Crippen LogP contribution in [0.3, 0.4) is 0 Å². The molecular weight excluding hydrogens is 334 g/mol. The highest BCUT2D eigenvalue weighted by molar-refractivity contribution is 6.01. The Kier molecular flexibility index (Phi) is 6.93. The van der Waals surface area contributed by atoms with Crippen molar-refractivity contribution in [2.75, 3.05) is 0 Å². The summed E-state index contributed by atoms with van der Waals surface area (Å²) in [4.78, 5) is 17.9. The second-order valence-electron chi connectivity index (χ2n) is 6.31. The van der Waals surface area contributed by atoms with Gasteiger partial charge in [-0.05, 0) is 24.0 Å². The third-order valence-electron chi connectivity index (χ3n) is 4.27. The number of carbonyl (C=O) groups excluding carboxylic acids is 1. The molecule has 0 saturated heterocycles. The Hall–Kier alpha value is -3.20.